The van der Waals surface area contributed by atoms with Crippen molar-refractivity contribution in [2.75, 3.05) is 12.0 Å². The van der Waals surface area contributed by atoms with Gasteiger partial charge in [-0.15, -0.1) is 0 Å². The van der Waals surface area contributed by atoms with Gasteiger partial charge in [0, 0.05) is 3.57 Å². The zero-order valence-corrected chi connectivity index (χ0v) is 18.8. The Morgan fingerprint density at radius 3 is 2.42 bits per heavy atom. The first-order valence-electron chi connectivity index (χ1n) is 9.52. The molecule has 3 aromatic carbocycles. The number of rotatable bonds is 6. The van der Waals surface area contributed by atoms with Crippen molar-refractivity contribution in [1.29, 1.82) is 0 Å². The number of ether oxygens (including phenoxy) is 2. The van der Waals surface area contributed by atoms with Crippen molar-refractivity contribution >= 4 is 46.3 Å². The van der Waals surface area contributed by atoms with Gasteiger partial charge in [0.25, 0.3) is 5.91 Å². The van der Waals surface area contributed by atoms with E-state index in [-0.39, 0.29) is 5.70 Å². The molecule has 0 atom stereocenters. The van der Waals surface area contributed by atoms with E-state index in [2.05, 4.69) is 27.9 Å². The van der Waals surface area contributed by atoms with E-state index in [1.165, 1.54) is 0 Å². The average molecular weight is 526 g/mol. The molecule has 3 aromatic rings. The number of para-hydroxylation sites is 1. The molecule has 1 fully saturated rings. The van der Waals surface area contributed by atoms with Crippen LogP contribution in [0.25, 0.3) is 6.08 Å². The van der Waals surface area contributed by atoms with Crippen LogP contribution < -0.4 is 19.7 Å². The van der Waals surface area contributed by atoms with Crippen LogP contribution in [0.5, 0.6) is 11.5 Å². The molecule has 1 aliphatic rings. The quantitative estimate of drug-likeness (QED) is 0.280. The van der Waals surface area contributed by atoms with Crippen molar-refractivity contribution in [3.63, 3.8) is 0 Å². The molecule has 0 radical (unpaired) electrons. The van der Waals surface area contributed by atoms with Gasteiger partial charge in [-0.2, -0.15) is 0 Å². The zero-order chi connectivity index (χ0) is 21.8. The van der Waals surface area contributed by atoms with E-state index in [9.17, 15) is 9.59 Å². The molecular weight excluding hydrogens is 507 g/mol. The highest BCUT2D eigenvalue weighted by atomic mass is 127. The molecule has 0 aliphatic carbocycles. The summed E-state index contributed by atoms with van der Waals surface area (Å²) in [5.41, 5.74) is 2.47. The summed E-state index contributed by atoms with van der Waals surface area (Å²) in [6, 6.07) is 21.8. The number of carbonyl (C=O) groups is 2. The molecule has 0 unspecified atom stereocenters. The SMILES string of the molecule is COc1cc(/C=C2/NC(=O)N(c3ccccc3)C2=O)ccc1OCc1ccc(I)cc1. The lowest BCUT2D eigenvalue weighted by molar-refractivity contribution is -0.113. The van der Waals surface area contributed by atoms with Crippen LogP contribution in [0.15, 0.2) is 78.5 Å². The van der Waals surface area contributed by atoms with Crippen LogP contribution in [0.4, 0.5) is 10.5 Å². The van der Waals surface area contributed by atoms with E-state index >= 15 is 0 Å². The van der Waals surface area contributed by atoms with Crippen LogP contribution in [-0.2, 0) is 11.4 Å². The minimum absolute atomic E-state index is 0.198. The van der Waals surface area contributed by atoms with Crippen LogP contribution in [0.1, 0.15) is 11.1 Å². The lowest BCUT2D eigenvalue weighted by atomic mass is 10.1. The van der Waals surface area contributed by atoms with Gasteiger partial charge < -0.3 is 14.8 Å². The molecule has 0 bridgehead atoms. The maximum atomic E-state index is 12.7. The van der Waals surface area contributed by atoms with Gasteiger partial charge in [-0.25, -0.2) is 9.69 Å². The van der Waals surface area contributed by atoms with Gasteiger partial charge >= 0.3 is 6.03 Å². The topological polar surface area (TPSA) is 67.9 Å². The fraction of sp³-hybridized carbons (Fsp3) is 0.0833. The normalized spacial score (nSPS) is 14.6. The molecule has 1 aliphatic heterocycles. The highest BCUT2D eigenvalue weighted by molar-refractivity contribution is 14.1. The predicted octanol–water partition coefficient (Wildman–Crippen LogP) is 4.98. The maximum absolute atomic E-state index is 12.7. The molecule has 4 rings (SSSR count). The van der Waals surface area contributed by atoms with Crippen LogP contribution in [0.3, 0.4) is 0 Å². The van der Waals surface area contributed by atoms with Crippen molar-refractivity contribution in [3.05, 3.63) is 93.2 Å². The summed E-state index contributed by atoms with van der Waals surface area (Å²) in [6.45, 7) is 0.411. The summed E-state index contributed by atoms with van der Waals surface area (Å²) in [4.78, 5) is 26.2. The lowest BCUT2D eigenvalue weighted by Gasteiger charge is -2.12. The van der Waals surface area contributed by atoms with Gasteiger partial charge in [0.2, 0.25) is 0 Å². The second kappa shape index (κ2) is 9.22. The smallest absolute Gasteiger partial charge is 0.333 e. The molecule has 1 N–H and O–H groups in total. The standard InChI is InChI=1S/C24H19IN2O4/c1-30-22-14-17(9-12-21(22)31-15-16-7-10-18(25)11-8-16)13-20-23(28)27(24(29)26-20)19-5-3-2-4-6-19/h2-14H,15H2,1H3,(H,26,29)/b20-13+. The predicted molar refractivity (Wildman–Crippen MR) is 127 cm³/mol. The van der Waals surface area contributed by atoms with Crippen LogP contribution in [0, 0.1) is 3.57 Å². The van der Waals surface area contributed by atoms with Gasteiger partial charge in [-0.05, 0) is 76.2 Å². The monoisotopic (exact) mass is 526 g/mol. The third kappa shape index (κ3) is 4.72. The van der Waals surface area contributed by atoms with E-state index < -0.39 is 11.9 Å². The molecule has 156 valence electrons. The number of nitrogens with one attached hydrogen (secondary N) is 1. The largest absolute Gasteiger partial charge is 0.493 e. The Kier molecular flexibility index (Phi) is 6.22. The molecule has 3 amide bonds. The number of methoxy groups -OCH3 is 1. The lowest BCUT2D eigenvalue weighted by Crippen LogP contribution is -2.30. The zero-order valence-electron chi connectivity index (χ0n) is 16.7. The van der Waals surface area contributed by atoms with Crippen molar-refractivity contribution in [3.8, 4) is 11.5 Å². The van der Waals surface area contributed by atoms with Gasteiger partial charge in [-0.3, -0.25) is 4.79 Å². The van der Waals surface area contributed by atoms with Gasteiger partial charge in [0.05, 0.1) is 12.8 Å². The number of hydrogen-bond acceptors (Lipinski definition) is 4. The number of nitrogens with zero attached hydrogens (tertiary/aromatic N) is 1. The van der Waals surface area contributed by atoms with Crippen molar-refractivity contribution in [2.45, 2.75) is 6.61 Å². The van der Waals surface area contributed by atoms with Gasteiger partial charge in [0.1, 0.15) is 12.3 Å². The Labute approximate surface area is 193 Å². The second-order valence-electron chi connectivity index (χ2n) is 6.79. The van der Waals surface area contributed by atoms with Crippen LogP contribution >= 0.6 is 22.6 Å². The average Bonchev–Trinajstić information content (AvgIpc) is 3.07. The summed E-state index contributed by atoms with van der Waals surface area (Å²) in [7, 11) is 1.56. The fourth-order valence-corrected chi connectivity index (χ4v) is 3.51. The van der Waals surface area contributed by atoms with Crippen LogP contribution in [-0.4, -0.2) is 19.0 Å². The second-order valence-corrected chi connectivity index (χ2v) is 8.04. The number of urea groups is 1. The van der Waals surface area contributed by atoms with E-state index in [4.69, 9.17) is 9.47 Å². The third-order valence-electron chi connectivity index (χ3n) is 4.70. The summed E-state index contributed by atoms with van der Waals surface area (Å²) in [5, 5.41) is 2.63. The Morgan fingerprint density at radius 1 is 0.968 bits per heavy atom. The summed E-state index contributed by atoms with van der Waals surface area (Å²) >= 11 is 2.26. The molecule has 0 aromatic heterocycles. The molecular formula is C24H19IN2O4. The molecule has 0 spiro atoms. The molecule has 1 heterocycles. The molecule has 0 saturated carbocycles. The number of benzene rings is 3. The van der Waals surface area contributed by atoms with Crippen molar-refractivity contribution in [2.24, 2.45) is 0 Å². The minimum atomic E-state index is -0.480. The third-order valence-corrected chi connectivity index (χ3v) is 5.42. The van der Waals surface area contributed by atoms with E-state index in [1.54, 1.807) is 49.6 Å². The van der Waals surface area contributed by atoms with E-state index in [0.29, 0.717) is 29.4 Å². The van der Waals surface area contributed by atoms with Crippen LogP contribution in [0.2, 0.25) is 0 Å². The number of carbonyl (C=O) groups excluding carboxylic acids is 2. The molecule has 1 saturated heterocycles. The first kappa shape index (κ1) is 20.9. The number of hydrogen-bond donors (Lipinski definition) is 1. The Hall–Kier alpha value is -3.33. The van der Waals surface area contributed by atoms with Gasteiger partial charge in [0.15, 0.2) is 11.5 Å². The Balaban J connectivity index is 1.52. The first-order valence-corrected chi connectivity index (χ1v) is 10.6. The Morgan fingerprint density at radius 2 is 1.71 bits per heavy atom. The summed E-state index contributed by atoms with van der Waals surface area (Å²) in [5.74, 6) is 0.724. The minimum Gasteiger partial charge on any atom is -0.493 e. The van der Waals surface area contributed by atoms with Crippen molar-refractivity contribution in [1.82, 2.24) is 5.32 Å². The molecule has 31 heavy (non-hydrogen) atoms. The highest BCUT2D eigenvalue weighted by Gasteiger charge is 2.34. The van der Waals surface area contributed by atoms with E-state index in [1.807, 2.05) is 36.4 Å². The summed E-state index contributed by atoms with van der Waals surface area (Å²) < 4.78 is 12.5. The number of amides is 3. The Bertz CT molecular complexity index is 1140. The number of anilines is 1. The van der Waals surface area contributed by atoms with Gasteiger partial charge in [-0.1, -0.05) is 36.4 Å². The fourth-order valence-electron chi connectivity index (χ4n) is 3.15. The molecule has 6 nitrogen and oxygen atoms in total. The van der Waals surface area contributed by atoms with Crippen molar-refractivity contribution < 1.29 is 19.1 Å². The first-order chi connectivity index (χ1) is 15.0. The number of imide groups is 1. The maximum Gasteiger partial charge on any atom is 0.333 e. The van der Waals surface area contributed by atoms with E-state index in [0.717, 1.165) is 14.0 Å². The molecule has 7 heteroatoms. The number of halogens is 1. The summed E-state index contributed by atoms with van der Waals surface area (Å²) in [6.07, 6.45) is 1.62. The highest BCUT2D eigenvalue weighted by Crippen LogP contribution is 2.30.